The molecular formula is C5H10FeO2. The van der Waals surface area contributed by atoms with E-state index in [1.165, 1.54) is 0 Å². The van der Waals surface area contributed by atoms with Crippen LogP contribution in [0.3, 0.4) is 0 Å². The average Bonchev–Trinajstić information content (AvgIpc) is 1.65. The fraction of sp³-hybridized carbons (Fsp3) is 0.800. The topological polar surface area (TPSA) is 37.3 Å². The fourth-order valence-electron chi connectivity index (χ4n) is 0.175. The molecule has 0 spiro atoms. The Labute approximate surface area is 59.8 Å². The third-order valence-electron chi connectivity index (χ3n) is 1.03. The fourth-order valence-corrected chi connectivity index (χ4v) is 0.175. The van der Waals surface area contributed by atoms with Gasteiger partial charge in [-0.15, -0.1) is 0 Å². The third-order valence-corrected chi connectivity index (χ3v) is 1.03. The molecule has 0 fully saturated rings. The molecule has 0 heterocycles. The van der Waals surface area contributed by atoms with Crippen molar-refractivity contribution in [1.82, 2.24) is 0 Å². The van der Waals surface area contributed by atoms with Crippen LogP contribution < -0.4 is 0 Å². The number of hydrogen-bond acceptors (Lipinski definition) is 1. The number of carbonyl (C=O) groups is 1. The van der Waals surface area contributed by atoms with Crippen molar-refractivity contribution in [2.75, 3.05) is 0 Å². The molecule has 0 saturated carbocycles. The first-order chi connectivity index (χ1) is 3.18. The minimum atomic E-state index is -0.706. The Hall–Kier alpha value is -0.0105. The second-order valence-corrected chi connectivity index (χ2v) is 1.65. The van der Waals surface area contributed by atoms with Gasteiger partial charge < -0.3 is 5.11 Å². The SMILES string of the molecule is CCC(C)C(=O)O.[Fe]. The summed E-state index contributed by atoms with van der Waals surface area (Å²) in [6.45, 7) is 3.56. The van der Waals surface area contributed by atoms with Gasteiger partial charge in [-0.05, 0) is 6.42 Å². The number of rotatable bonds is 2. The van der Waals surface area contributed by atoms with Crippen LogP contribution in [-0.2, 0) is 21.9 Å². The maximum absolute atomic E-state index is 9.93. The molecule has 0 rings (SSSR count). The first-order valence-electron chi connectivity index (χ1n) is 2.41. The van der Waals surface area contributed by atoms with E-state index in [9.17, 15) is 4.79 Å². The summed E-state index contributed by atoms with van der Waals surface area (Å²) in [6.07, 6.45) is 0.718. The van der Waals surface area contributed by atoms with Crippen LogP contribution in [0.2, 0.25) is 0 Å². The number of hydrogen-bond donors (Lipinski definition) is 1. The van der Waals surface area contributed by atoms with Gasteiger partial charge in [-0.3, -0.25) is 4.79 Å². The molecule has 0 aliphatic heterocycles. The van der Waals surface area contributed by atoms with Gasteiger partial charge in [-0.1, -0.05) is 13.8 Å². The standard InChI is InChI=1S/C5H10O2.Fe/c1-3-4(2)5(6)7;/h4H,3H2,1-2H3,(H,6,7);. The maximum Gasteiger partial charge on any atom is 0.306 e. The molecule has 0 saturated heterocycles. The molecule has 1 unspecified atom stereocenters. The molecule has 1 N–H and O–H groups in total. The zero-order valence-corrected chi connectivity index (χ0v) is 6.10. The van der Waals surface area contributed by atoms with Crippen LogP contribution in [0.1, 0.15) is 20.3 Å². The maximum atomic E-state index is 9.93. The predicted molar refractivity (Wildman–Crippen MR) is 27.1 cm³/mol. The van der Waals surface area contributed by atoms with Crippen LogP contribution in [-0.4, -0.2) is 11.1 Å². The van der Waals surface area contributed by atoms with Gasteiger partial charge in [0.25, 0.3) is 0 Å². The number of carboxylic acid groups (broad SMARTS) is 1. The first kappa shape index (κ1) is 10.9. The van der Waals surface area contributed by atoms with E-state index < -0.39 is 5.97 Å². The van der Waals surface area contributed by atoms with Gasteiger partial charge in [0.15, 0.2) is 0 Å². The molecule has 0 aromatic heterocycles. The summed E-state index contributed by atoms with van der Waals surface area (Å²) >= 11 is 0. The second kappa shape index (κ2) is 5.13. The summed E-state index contributed by atoms with van der Waals surface area (Å²) in [7, 11) is 0. The van der Waals surface area contributed by atoms with Crippen molar-refractivity contribution in [1.29, 1.82) is 0 Å². The van der Waals surface area contributed by atoms with Crippen molar-refractivity contribution in [3.63, 3.8) is 0 Å². The van der Waals surface area contributed by atoms with Gasteiger partial charge in [0.2, 0.25) is 0 Å². The third kappa shape index (κ3) is 4.16. The quantitative estimate of drug-likeness (QED) is 0.611. The summed E-state index contributed by atoms with van der Waals surface area (Å²) in [5.74, 6) is -0.887. The van der Waals surface area contributed by atoms with Crippen molar-refractivity contribution >= 4 is 5.97 Å². The Balaban J connectivity index is 0. The summed E-state index contributed by atoms with van der Waals surface area (Å²) in [4.78, 5) is 9.93. The number of aliphatic carboxylic acids is 1. The summed E-state index contributed by atoms with van der Waals surface area (Å²) < 4.78 is 0. The Morgan fingerprint density at radius 1 is 1.75 bits per heavy atom. The van der Waals surface area contributed by atoms with E-state index in [0.29, 0.717) is 0 Å². The van der Waals surface area contributed by atoms with Crippen molar-refractivity contribution in [2.45, 2.75) is 20.3 Å². The van der Waals surface area contributed by atoms with Gasteiger partial charge in [0.05, 0.1) is 5.92 Å². The smallest absolute Gasteiger partial charge is 0.306 e. The van der Waals surface area contributed by atoms with Crippen molar-refractivity contribution in [2.24, 2.45) is 5.92 Å². The van der Waals surface area contributed by atoms with Crippen LogP contribution in [0, 0.1) is 5.92 Å². The van der Waals surface area contributed by atoms with Crippen molar-refractivity contribution in [3.8, 4) is 0 Å². The van der Waals surface area contributed by atoms with E-state index in [2.05, 4.69) is 0 Å². The summed E-state index contributed by atoms with van der Waals surface area (Å²) in [6, 6.07) is 0. The second-order valence-electron chi connectivity index (χ2n) is 1.65. The summed E-state index contributed by atoms with van der Waals surface area (Å²) in [5, 5.41) is 8.18. The van der Waals surface area contributed by atoms with E-state index in [-0.39, 0.29) is 23.0 Å². The molecule has 0 bridgehead atoms. The van der Waals surface area contributed by atoms with Crippen LogP contribution in [0.5, 0.6) is 0 Å². The molecule has 0 radical (unpaired) electrons. The molecule has 0 aromatic rings. The molecule has 0 aliphatic carbocycles. The Morgan fingerprint density at radius 2 is 2.12 bits per heavy atom. The van der Waals surface area contributed by atoms with Gasteiger partial charge in [-0.2, -0.15) is 0 Å². The van der Waals surface area contributed by atoms with E-state index in [1.807, 2.05) is 6.92 Å². The minimum Gasteiger partial charge on any atom is -0.481 e. The molecule has 3 heteroatoms. The molecule has 1 atom stereocenters. The number of carboxylic acids is 1. The predicted octanol–water partition coefficient (Wildman–Crippen LogP) is 1.11. The van der Waals surface area contributed by atoms with Gasteiger partial charge in [0, 0.05) is 17.1 Å². The molecule has 0 aliphatic rings. The van der Waals surface area contributed by atoms with Gasteiger partial charge >= 0.3 is 5.97 Å². The van der Waals surface area contributed by atoms with Crippen LogP contribution >= 0.6 is 0 Å². The molecule has 0 amide bonds. The van der Waals surface area contributed by atoms with Crippen molar-refractivity contribution < 1.29 is 27.0 Å². The normalized spacial score (nSPS) is 11.8. The van der Waals surface area contributed by atoms with Gasteiger partial charge in [-0.25, -0.2) is 0 Å². The average molecular weight is 158 g/mol. The zero-order valence-electron chi connectivity index (χ0n) is 4.99. The van der Waals surface area contributed by atoms with E-state index >= 15 is 0 Å². The van der Waals surface area contributed by atoms with Crippen LogP contribution in [0.15, 0.2) is 0 Å². The Morgan fingerprint density at radius 3 is 2.12 bits per heavy atom. The molecule has 2 nitrogen and oxygen atoms in total. The molecule has 50 valence electrons. The van der Waals surface area contributed by atoms with Crippen LogP contribution in [0.4, 0.5) is 0 Å². The van der Waals surface area contributed by atoms with Crippen molar-refractivity contribution in [3.05, 3.63) is 0 Å². The zero-order chi connectivity index (χ0) is 5.86. The molecule has 0 aromatic carbocycles. The largest absolute Gasteiger partial charge is 0.481 e. The van der Waals surface area contributed by atoms with Crippen LogP contribution in [0.25, 0.3) is 0 Å². The Kier molecular flexibility index (Phi) is 6.98. The Bertz CT molecular complexity index is 72.8. The van der Waals surface area contributed by atoms with Gasteiger partial charge in [0.1, 0.15) is 0 Å². The van der Waals surface area contributed by atoms with E-state index in [4.69, 9.17) is 5.11 Å². The molecule has 8 heavy (non-hydrogen) atoms. The monoisotopic (exact) mass is 158 g/mol. The van der Waals surface area contributed by atoms with E-state index in [1.54, 1.807) is 6.92 Å². The first-order valence-corrected chi connectivity index (χ1v) is 2.41. The minimum absolute atomic E-state index is 0. The molecular weight excluding hydrogens is 148 g/mol. The van der Waals surface area contributed by atoms with E-state index in [0.717, 1.165) is 6.42 Å². The summed E-state index contributed by atoms with van der Waals surface area (Å²) in [5.41, 5.74) is 0.